The zero-order chi connectivity index (χ0) is 22.1. The maximum Gasteiger partial charge on any atom is 0.282 e. The normalized spacial score (nSPS) is 14.8. The average molecular weight is 484 g/mol. The van der Waals surface area contributed by atoms with Gasteiger partial charge in [-0.2, -0.15) is 0 Å². The highest BCUT2D eigenvalue weighted by Gasteiger charge is 2.34. The second-order valence-corrected chi connectivity index (χ2v) is 7.38. The second-order valence-electron chi connectivity index (χ2n) is 6.46. The number of halogens is 1. The van der Waals surface area contributed by atoms with E-state index >= 15 is 0 Å². The molecule has 4 rings (SSSR count). The summed E-state index contributed by atoms with van der Waals surface area (Å²) in [6.07, 6.45) is 1.34. The Labute approximate surface area is 184 Å². The summed E-state index contributed by atoms with van der Waals surface area (Å²) >= 11 is 3.33. The molecule has 2 aromatic carbocycles. The molecule has 0 unspecified atom stereocenters. The Hall–Kier alpha value is -3.92. The topological polar surface area (TPSA) is 115 Å². The first-order chi connectivity index (χ1) is 14.9. The van der Waals surface area contributed by atoms with Gasteiger partial charge in [0.25, 0.3) is 17.5 Å². The van der Waals surface area contributed by atoms with E-state index in [9.17, 15) is 19.7 Å². The van der Waals surface area contributed by atoms with Crippen molar-refractivity contribution in [3.63, 3.8) is 0 Å². The van der Waals surface area contributed by atoms with Crippen LogP contribution in [0, 0.1) is 10.1 Å². The Balaban J connectivity index is 1.63. The highest BCUT2D eigenvalue weighted by Crippen LogP contribution is 2.35. The first kappa shape index (κ1) is 20.4. The molecule has 156 valence electrons. The van der Waals surface area contributed by atoms with Gasteiger partial charge in [0.15, 0.2) is 0 Å². The van der Waals surface area contributed by atoms with Gasteiger partial charge in [-0.3, -0.25) is 25.1 Å². The highest BCUT2D eigenvalue weighted by molar-refractivity contribution is 9.10. The molecule has 31 heavy (non-hydrogen) atoms. The van der Waals surface area contributed by atoms with E-state index in [0.717, 1.165) is 9.48 Å². The first-order valence-corrected chi connectivity index (χ1v) is 9.72. The minimum absolute atomic E-state index is 0.0865. The number of hydrogen-bond donors (Lipinski definition) is 1. The smallest absolute Gasteiger partial charge is 0.282 e. The Morgan fingerprint density at radius 2 is 1.97 bits per heavy atom. The zero-order valence-corrected chi connectivity index (χ0v) is 17.6. The van der Waals surface area contributed by atoms with Crippen LogP contribution in [-0.2, 0) is 9.59 Å². The molecule has 10 heteroatoms. The van der Waals surface area contributed by atoms with Crippen molar-refractivity contribution in [2.45, 2.75) is 0 Å². The molecule has 0 aliphatic carbocycles. The number of ether oxygens (including phenoxy) is 1. The maximum absolute atomic E-state index is 12.7. The van der Waals surface area contributed by atoms with Gasteiger partial charge in [0.2, 0.25) is 0 Å². The zero-order valence-electron chi connectivity index (χ0n) is 16.0. The van der Waals surface area contributed by atoms with Crippen molar-refractivity contribution >= 4 is 45.2 Å². The van der Waals surface area contributed by atoms with Gasteiger partial charge in [0.1, 0.15) is 22.8 Å². The van der Waals surface area contributed by atoms with Crippen LogP contribution < -0.4 is 15.2 Å². The lowest BCUT2D eigenvalue weighted by Gasteiger charge is -2.14. The van der Waals surface area contributed by atoms with E-state index in [4.69, 9.17) is 9.15 Å². The number of nitro groups is 1. The molecule has 1 saturated heterocycles. The van der Waals surface area contributed by atoms with E-state index in [1.807, 2.05) is 0 Å². The summed E-state index contributed by atoms with van der Waals surface area (Å²) in [5.41, 5.74) is 3.32. The lowest BCUT2D eigenvalue weighted by atomic mass is 10.1. The predicted octanol–water partition coefficient (Wildman–Crippen LogP) is 4.09. The monoisotopic (exact) mass is 483 g/mol. The summed E-state index contributed by atoms with van der Waals surface area (Å²) in [5.74, 6) is -0.179. The Morgan fingerprint density at radius 1 is 1.16 bits per heavy atom. The summed E-state index contributed by atoms with van der Waals surface area (Å²) in [4.78, 5) is 35.5. The van der Waals surface area contributed by atoms with Gasteiger partial charge in [-0.25, -0.2) is 5.01 Å². The summed E-state index contributed by atoms with van der Waals surface area (Å²) in [6, 6.07) is 14.3. The number of carbonyl (C=O) groups is 2. The van der Waals surface area contributed by atoms with Crippen molar-refractivity contribution < 1.29 is 23.7 Å². The molecule has 1 N–H and O–H groups in total. The molecule has 2 heterocycles. The van der Waals surface area contributed by atoms with Crippen molar-refractivity contribution in [2.75, 3.05) is 12.1 Å². The standard InChI is InChI=1S/C21H14BrN3O6/c1-30-19-10-14(25(28)29)5-7-16(19)18-8-6-15(31-18)11-17-20(26)23-24(21(17)27)13-4-2-3-12(22)9-13/h2-11H,1H3,(H,23,26)/b17-11-. The minimum atomic E-state index is -0.559. The van der Waals surface area contributed by atoms with E-state index < -0.39 is 16.7 Å². The number of amides is 2. The number of nitro benzene ring substituents is 1. The van der Waals surface area contributed by atoms with Crippen LogP contribution in [0.25, 0.3) is 17.4 Å². The van der Waals surface area contributed by atoms with Crippen molar-refractivity contribution in [2.24, 2.45) is 0 Å². The molecule has 1 aliphatic rings. The Kier molecular flexibility index (Phi) is 5.30. The summed E-state index contributed by atoms with van der Waals surface area (Å²) < 4.78 is 11.7. The van der Waals surface area contributed by atoms with E-state index in [0.29, 0.717) is 17.0 Å². The first-order valence-electron chi connectivity index (χ1n) is 8.92. The SMILES string of the molecule is COc1cc([N+](=O)[O-])ccc1-c1ccc(/C=C2/C(=O)NN(c3cccc(Br)c3)C2=O)o1. The number of non-ortho nitro benzene ring substituents is 1. The van der Waals surface area contributed by atoms with Crippen molar-refractivity contribution in [1.29, 1.82) is 0 Å². The minimum Gasteiger partial charge on any atom is -0.496 e. The van der Waals surface area contributed by atoms with E-state index in [2.05, 4.69) is 21.4 Å². The lowest BCUT2D eigenvalue weighted by molar-refractivity contribution is -0.384. The summed E-state index contributed by atoms with van der Waals surface area (Å²) in [5, 5.41) is 12.1. The molecule has 0 saturated carbocycles. The third-order valence-electron chi connectivity index (χ3n) is 4.53. The molecule has 0 spiro atoms. The number of benzene rings is 2. The van der Waals surface area contributed by atoms with E-state index in [-0.39, 0.29) is 22.8 Å². The highest BCUT2D eigenvalue weighted by atomic mass is 79.9. The fraction of sp³-hybridized carbons (Fsp3) is 0.0476. The Morgan fingerprint density at radius 3 is 2.68 bits per heavy atom. The van der Waals surface area contributed by atoms with Crippen molar-refractivity contribution in [1.82, 2.24) is 5.43 Å². The number of nitrogens with one attached hydrogen (secondary N) is 1. The van der Waals surface area contributed by atoms with Crippen LogP contribution in [0.5, 0.6) is 5.75 Å². The van der Waals surface area contributed by atoms with Crippen molar-refractivity contribution in [3.05, 3.63) is 80.5 Å². The molecule has 9 nitrogen and oxygen atoms in total. The maximum atomic E-state index is 12.7. The number of furan rings is 1. The second kappa shape index (κ2) is 8.07. The van der Waals surface area contributed by atoms with Gasteiger partial charge in [0.05, 0.1) is 29.4 Å². The van der Waals surface area contributed by atoms with Gasteiger partial charge in [-0.15, -0.1) is 0 Å². The van der Waals surface area contributed by atoms with Crippen LogP contribution in [-0.4, -0.2) is 23.8 Å². The number of anilines is 1. The third-order valence-corrected chi connectivity index (χ3v) is 5.03. The quantitative estimate of drug-likeness (QED) is 0.253. The van der Waals surface area contributed by atoms with E-state index in [1.54, 1.807) is 36.4 Å². The van der Waals surface area contributed by atoms with Crippen molar-refractivity contribution in [3.8, 4) is 17.1 Å². The lowest BCUT2D eigenvalue weighted by Crippen LogP contribution is -2.35. The van der Waals surface area contributed by atoms with E-state index in [1.165, 1.54) is 31.4 Å². The van der Waals surface area contributed by atoms with Crippen LogP contribution >= 0.6 is 15.9 Å². The van der Waals surface area contributed by atoms with Gasteiger partial charge in [-0.05, 0) is 42.5 Å². The summed E-state index contributed by atoms with van der Waals surface area (Å²) in [7, 11) is 1.40. The van der Waals surface area contributed by atoms with Gasteiger partial charge in [-0.1, -0.05) is 22.0 Å². The molecular formula is C21H14BrN3O6. The number of hydrazine groups is 1. The van der Waals surface area contributed by atoms with Crippen LogP contribution in [0.15, 0.2) is 69.1 Å². The van der Waals surface area contributed by atoms with Gasteiger partial charge in [0, 0.05) is 10.5 Å². The van der Waals surface area contributed by atoms with Gasteiger partial charge < -0.3 is 9.15 Å². The molecule has 0 radical (unpaired) electrons. The number of carbonyl (C=O) groups excluding carboxylic acids is 2. The predicted molar refractivity (Wildman–Crippen MR) is 115 cm³/mol. The van der Waals surface area contributed by atoms with Crippen LogP contribution in [0.4, 0.5) is 11.4 Å². The van der Waals surface area contributed by atoms with Crippen LogP contribution in [0.3, 0.4) is 0 Å². The van der Waals surface area contributed by atoms with Crippen LogP contribution in [0.1, 0.15) is 5.76 Å². The number of methoxy groups -OCH3 is 1. The average Bonchev–Trinajstić information content (AvgIpc) is 3.33. The third kappa shape index (κ3) is 3.92. The fourth-order valence-corrected chi connectivity index (χ4v) is 3.46. The molecule has 3 aromatic rings. The number of nitrogens with zero attached hydrogens (tertiary/aromatic N) is 2. The number of hydrogen-bond acceptors (Lipinski definition) is 6. The summed E-state index contributed by atoms with van der Waals surface area (Å²) in [6.45, 7) is 0. The molecule has 0 bridgehead atoms. The number of rotatable bonds is 5. The molecular weight excluding hydrogens is 470 g/mol. The Bertz CT molecular complexity index is 1250. The molecule has 2 amide bonds. The molecule has 1 fully saturated rings. The largest absolute Gasteiger partial charge is 0.496 e. The van der Waals surface area contributed by atoms with Gasteiger partial charge >= 0.3 is 0 Å². The fourth-order valence-electron chi connectivity index (χ4n) is 3.07. The molecule has 1 aromatic heterocycles. The molecule has 0 atom stereocenters. The van der Waals surface area contributed by atoms with Crippen LogP contribution in [0.2, 0.25) is 0 Å². The molecule has 1 aliphatic heterocycles.